The molecule has 0 N–H and O–H groups in total. The van der Waals surface area contributed by atoms with Crippen LogP contribution in [0.25, 0.3) is 17.2 Å². The van der Waals surface area contributed by atoms with Gasteiger partial charge in [-0.15, -0.1) is 0 Å². The first kappa shape index (κ1) is 19.9. The number of hydrogen-bond acceptors (Lipinski definition) is 6. The maximum atomic E-state index is 13.2. The Morgan fingerprint density at radius 1 is 1.00 bits per heavy atom. The highest BCUT2D eigenvalue weighted by Gasteiger charge is 2.51. The van der Waals surface area contributed by atoms with E-state index < -0.39 is 11.7 Å². The molecule has 0 aromatic carbocycles. The van der Waals surface area contributed by atoms with E-state index in [9.17, 15) is 13.2 Å². The Kier molecular flexibility index (Phi) is 4.45. The molecule has 2 saturated heterocycles. The summed E-state index contributed by atoms with van der Waals surface area (Å²) in [4.78, 5) is 18.0. The molecule has 168 valence electrons. The minimum absolute atomic E-state index is 0.364. The number of ether oxygens (including phenoxy) is 1. The summed E-state index contributed by atoms with van der Waals surface area (Å²) in [6.07, 6.45) is 2.26. The summed E-state index contributed by atoms with van der Waals surface area (Å²) in [6, 6.07) is 4.90. The molecule has 0 amide bonds. The van der Waals surface area contributed by atoms with E-state index in [0.717, 1.165) is 57.5 Å². The molecule has 0 unspecified atom stereocenters. The molecule has 5 heterocycles. The molecule has 3 aliphatic rings. The zero-order chi connectivity index (χ0) is 21.9. The lowest BCUT2D eigenvalue weighted by Crippen LogP contribution is -2.62. The summed E-state index contributed by atoms with van der Waals surface area (Å²) in [7, 11) is 0. The SMILES string of the molecule is FC(F)(F)c1ccc2ncc(-c3nccc(N4CCN(C5CC6(COC6)C5)CC4)n3)n2c1. The molecule has 0 radical (unpaired) electrons. The van der Waals surface area contributed by atoms with Gasteiger partial charge in [0, 0.05) is 50.0 Å². The normalized spacial score (nSPS) is 21.7. The van der Waals surface area contributed by atoms with E-state index in [1.807, 2.05) is 6.07 Å². The number of fused-ring (bicyclic) bond motifs is 1. The Hall–Kier alpha value is -2.72. The van der Waals surface area contributed by atoms with Crippen molar-refractivity contribution in [3.63, 3.8) is 0 Å². The van der Waals surface area contributed by atoms with Gasteiger partial charge in [-0.2, -0.15) is 13.2 Å². The fraction of sp³-hybridized carbons (Fsp3) is 0.500. The van der Waals surface area contributed by atoms with E-state index in [0.29, 0.717) is 28.6 Å². The van der Waals surface area contributed by atoms with Gasteiger partial charge in [0.1, 0.15) is 17.2 Å². The Morgan fingerprint density at radius 2 is 1.78 bits per heavy atom. The standard InChI is InChI=1S/C22H23F3N6O/c23-22(24,25)15-1-2-18-27-11-17(31(18)12-15)20-26-4-3-19(28-20)30-7-5-29(6-8-30)16-9-21(10-16)13-32-14-21/h1-4,11-12,16H,5-10,13-14H2. The fourth-order valence-corrected chi connectivity index (χ4v) is 5.10. The number of pyridine rings is 1. The van der Waals surface area contributed by atoms with Gasteiger partial charge < -0.3 is 9.64 Å². The van der Waals surface area contributed by atoms with Gasteiger partial charge in [-0.1, -0.05) is 0 Å². The van der Waals surface area contributed by atoms with Crippen LogP contribution in [0, 0.1) is 5.41 Å². The van der Waals surface area contributed by atoms with Crippen LogP contribution in [0.4, 0.5) is 19.0 Å². The van der Waals surface area contributed by atoms with Gasteiger partial charge in [0.05, 0.1) is 25.0 Å². The van der Waals surface area contributed by atoms with Gasteiger partial charge in [-0.05, 0) is 31.0 Å². The van der Waals surface area contributed by atoms with Gasteiger partial charge in [-0.25, -0.2) is 15.0 Å². The number of hydrogen-bond donors (Lipinski definition) is 0. The average molecular weight is 444 g/mol. The number of aromatic nitrogens is 4. The number of halogens is 3. The second-order valence-electron chi connectivity index (χ2n) is 9.10. The van der Waals surface area contributed by atoms with Crippen LogP contribution in [0.2, 0.25) is 0 Å². The van der Waals surface area contributed by atoms with Crippen LogP contribution in [-0.2, 0) is 10.9 Å². The molecule has 0 atom stereocenters. The second-order valence-corrected chi connectivity index (χ2v) is 9.10. The lowest BCUT2D eigenvalue weighted by atomic mass is 9.63. The van der Waals surface area contributed by atoms with Crippen LogP contribution in [0.1, 0.15) is 18.4 Å². The number of anilines is 1. The van der Waals surface area contributed by atoms with Crippen LogP contribution in [-0.4, -0.2) is 69.7 Å². The number of piperazine rings is 1. The minimum atomic E-state index is -4.43. The highest BCUT2D eigenvalue weighted by Crippen LogP contribution is 2.49. The molecule has 0 bridgehead atoms. The zero-order valence-corrected chi connectivity index (χ0v) is 17.4. The minimum Gasteiger partial charge on any atom is -0.380 e. The molecule has 32 heavy (non-hydrogen) atoms. The molecule has 3 aromatic rings. The summed E-state index contributed by atoms with van der Waals surface area (Å²) >= 11 is 0. The number of rotatable bonds is 3. The van der Waals surface area contributed by atoms with Gasteiger partial charge in [-0.3, -0.25) is 9.30 Å². The van der Waals surface area contributed by atoms with Crippen molar-refractivity contribution < 1.29 is 17.9 Å². The number of imidazole rings is 1. The first-order valence-electron chi connectivity index (χ1n) is 10.8. The van der Waals surface area contributed by atoms with E-state index >= 15 is 0 Å². The smallest absolute Gasteiger partial charge is 0.380 e. The van der Waals surface area contributed by atoms with Crippen molar-refractivity contribution in [2.24, 2.45) is 5.41 Å². The van der Waals surface area contributed by atoms with E-state index in [4.69, 9.17) is 4.74 Å². The highest BCUT2D eigenvalue weighted by molar-refractivity contribution is 5.59. The monoisotopic (exact) mass is 444 g/mol. The molecule has 6 rings (SSSR count). The van der Waals surface area contributed by atoms with Crippen molar-refractivity contribution in [2.45, 2.75) is 25.1 Å². The first-order chi connectivity index (χ1) is 15.4. The van der Waals surface area contributed by atoms with Crippen molar-refractivity contribution in [2.75, 3.05) is 44.3 Å². The van der Waals surface area contributed by atoms with Gasteiger partial charge in [0.15, 0.2) is 5.82 Å². The molecule has 10 heteroatoms. The summed E-state index contributed by atoms with van der Waals surface area (Å²) in [6.45, 7) is 5.52. The Bertz CT molecular complexity index is 1140. The molecule has 1 aliphatic carbocycles. The van der Waals surface area contributed by atoms with Crippen LogP contribution < -0.4 is 4.90 Å². The summed E-state index contributed by atoms with van der Waals surface area (Å²) in [5, 5.41) is 0. The van der Waals surface area contributed by atoms with Crippen molar-refractivity contribution in [1.29, 1.82) is 0 Å². The molecule has 7 nitrogen and oxygen atoms in total. The third-order valence-corrected chi connectivity index (χ3v) is 7.01. The highest BCUT2D eigenvalue weighted by atomic mass is 19.4. The fourth-order valence-electron chi connectivity index (χ4n) is 5.10. The van der Waals surface area contributed by atoms with Gasteiger partial charge >= 0.3 is 6.18 Å². The zero-order valence-electron chi connectivity index (χ0n) is 17.4. The number of alkyl halides is 3. The van der Waals surface area contributed by atoms with E-state index in [2.05, 4.69) is 24.8 Å². The van der Waals surface area contributed by atoms with Crippen LogP contribution in [0.3, 0.4) is 0 Å². The predicted octanol–water partition coefficient (Wildman–Crippen LogP) is 3.11. The lowest BCUT2D eigenvalue weighted by molar-refractivity contribution is -0.184. The molecular formula is C22H23F3N6O. The molecule has 2 aliphatic heterocycles. The Balaban J connectivity index is 1.19. The molecular weight excluding hydrogens is 421 g/mol. The largest absolute Gasteiger partial charge is 0.417 e. The maximum Gasteiger partial charge on any atom is 0.417 e. The quantitative estimate of drug-likeness (QED) is 0.619. The third kappa shape index (κ3) is 3.32. The first-order valence-corrected chi connectivity index (χ1v) is 10.8. The van der Waals surface area contributed by atoms with E-state index in [1.54, 1.807) is 6.20 Å². The van der Waals surface area contributed by atoms with Crippen molar-refractivity contribution in [3.05, 3.63) is 42.4 Å². The lowest BCUT2D eigenvalue weighted by Gasteiger charge is -2.57. The van der Waals surface area contributed by atoms with E-state index in [1.165, 1.54) is 29.5 Å². The van der Waals surface area contributed by atoms with Crippen LogP contribution >= 0.6 is 0 Å². The average Bonchev–Trinajstić information content (AvgIpc) is 3.15. The van der Waals surface area contributed by atoms with Crippen LogP contribution in [0.15, 0.2) is 36.8 Å². The van der Waals surface area contributed by atoms with Crippen molar-refractivity contribution in [1.82, 2.24) is 24.3 Å². The Morgan fingerprint density at radius 3 is 2.47 bits per heavy atom. The summed E-state index contributed by atoms with van der Waals surface area (Å²) in [5.41, 5.74) is 0.589. The van der Waals surface area contributed by atoms with Crippen molar-refractivity contribution >= 4 is 11.5 Å². The van der Waals surface area contributed by atoms with Crippen LogP contribution in [0.5, 0.6) is 0 Å². The third-order valence-electron chi connectivity index (χ3n) is 7.01. The second kappa shape index (κ2) is 7.14. The maximum absolute atomic E-state index is 13.2. The molecule has 1 saturated carbocycles. The molecule has 1 spiro atoms. The van der Waals surface area contributed by atoms with E-state index in [-0.39, 0.29) is 0 Å². The van der Waals surface area contributed by atoms with Gasteiger partial charge in [0.25, 0.3) is 0 Å². The topological polar surface area (TPSA) is 58.8 Å². The van der Waals surface area contributed by atoms with Crippen molar-refractivity contribution in [3.8, 4) is 11.5 Å². The summed E-state index contributed by atoms with van der Waals surface area (Å²) in [5.74, 6) is 1.15. The molecule has 3 aromatic heterocycles. The Labute approximate surface area is 182 Å². The van der Waals surface area contributed by atoms with Gasteiger partial charge in [0.2, 0.25) is 0 Å². The molecule has 3 fully saturated rings. The summed E-state index contributed by atoms with van der Waals surface area (Å²) < 4.78 is 46.3. The predicted molar refractivity (Wildman–Crippen MR) is 111 cm³/mol. The number of nitrogens with zero attached hydrogens (tertiary/aromatic N) is 6.